The Morgan fingerprint density at radius 2 is 1.74 bits per heavy atom. The summed E-state index contributed by atoms with van der Waals surface area (Å²) in [6.45, 7) is 5.00. The number of aliphatic carboxylic acids is 1. The molecule has 1 atom stereocenters. The molecule has 0 radical (unpaired) electrons. The number of amides is 1. The van der Waals surface area contributed by atoms with E-state index in [9.17, 15) is 20.0 Å². The number of carboxylic acids is 1. The van der Waals surface area contributed by atoms with Gasteiger partial charge in [0.1, 0.15) is 17.7 Å². The molecule has 192 valence electrons. The van der Waals surface area contributed by atoms with Crippen LogP contribution in [0.15, 0.2) is 79.0 Å². The third-order valence-electron chi connectivity index (χ3n) is 6.32. The molecule has 4 rings (SSSR count). The number of carbonyl (C=O) groups excluding carboxylic acids is 1. The summed E-state index contributed by atoms with van der Waals surface area (Å²) in [6.07, 6.45) is -0.0394. The molecule has 0 aliphatic rings. The summed E-state index contributed by atoms with van der Waals surface area (Å²) in [4.78, 5) is 24.5. The number of nitrogens with zero attached hydrogens (tertiary/aromatic N) is 3. The van der Waals surface area contributed by atoms with Gasteiger partial charge in [-0.2, -0.15) is 10.4 Å². The first-order valence-corrected chi connectivity index (χ1v) is 12.1. The third kappa shape index (κ3) is 5.24. The molecule has 0 spiro atoms. The van der Waals surface area contributed by atoms with E-state index in [0.717, 1.165) is 11.1 Å². The zero-order valence-corrected chi connectivity index (χ0v) is 21.7. The van der Waals surface area contributed by atoms with Gasteiger partial charge in [-0.3, -0.25) is 10.1 Å². The average molecular weight is 529 g/mol. The first kappa shape index (κ1) is 26.5. The molecule has 0 bridgehead atoms. The fourth-order valence-electron chi connectivity index (χ4n) is 3.98. The Hall–Kier alpha value is -4.61. The Labute approximate surface area is 225 Å². The van der Waals surface area contributed by atoms with Crippen LogP contribution in [-0.2, 0) is 14.9 Å². The van der Waals surface area contributed by atoms with Crippen LogP contribution in [0, 0.1) is 11.3 Å². The van der Waals surface area contributed by atoms with Crippen LogP contribution < -0.4 is 5.32 Å². The second-order valence-electron chi connectivity index (χ2n) is 9.15. The number of nitrogens with one attached hydrogen (secondary N) is 1. The molecule has 0 aliphatic heterocycles. The quantitative estimate of drug-likeness (QED) is 0.274. The summed E-state index contributed by atoms with van der Waals surface area (Å²) in [6, 6.07) is 23.7. The molecule has 0 aliphatic carbocycles. The van der Waals surface area contributed by atoms with Crippen LogP contribution in [0.25, 0.3) is 16.8 Å². The number of carbonyl (C=O) groups is 2. The first-order valence-electron chi connectivity index (χ1n) is 11.8. The van der Waals surface area contributed by atoms with Crippen molar-refractivity contribution in [2.45, 2.75) is 32.3 Å². The van der Waals surface area contributed by atoms with Gasteiger partial charge in [-0.05, 0) is 44.0 Å². The number of halogens is 1. The fourth-order valence-corrected chi connectivity index (χ4v) is 4.27. The minimum absolute atomic E-state index is 0.153. The van der Waals surface area contributed by atoms with Crippen LogP contribution in [0.4, 0.5) is 10.6 Å². The van der Waals surface area contributed by atoms with E-state index in [0.29, 0.717) is 21.8 Å². The van der Waals surface area contributed by atoms with Gasteiger partial charge in [0.2, 0.25) is 0 Å². The summed E-state index contributed by atoms with van der Waals surface area (Å²) in [5.41, 5.74) is 2.60. The average Bonchev–Trinajstić information content (AvgIpc) is 3.30. The molecule has 9 heteroatoms. The maximum Gasteiger partial charge on any atom is 0.413 e. The smallest absolute Gasteiger partial charge is 0.413 e. The molecule has 1 aromatic heterocycles. The predicted molar refractivity (Wildman–Crippen MR) is 144 cm³/mol. The number of para-hydroxylation sites is 1. The van der Waals surface area contributed by atoms with Crippen LogP contribution in [-0.4, -0.2) is 26.9 Å². The topological polar surface area (TPSA) is 117 Å². The molecule has 0 fully saturated rings. The van der Waals surface area contributed by atoms with Crippen molar-refractivity contribution in [1.29, 1.82) is 5.26 Å². The summed E-state index contributed by atoms with van der Waals surface area (Å²) in [5.74, 6) is -0.766. The van der Waals surface area contributed by atoms with Crippen molar-refractivity contribution in [3.63, 3.8) is 0 Å². The predicted octanol–water partition coefficient (Wildman–Crippen LogP) is 6.74. The lowest BCUT2D eigenvalue weighted by atomic mass is 9.84. The van der Waals surface area contributed by atoms with Crippen LogP contribution in [0.3, 0.4) is 0 Å². The number of nitriles is 1. The third-order valence-corrected chi connectivity index (χ3v) is 6.67. The van der Waals surface area contributed by atoms with Gasteiger partial charge in [-0.25, -0.2) is 9.48 Å². The van der Waals surface area contributed by atoms with E-state index in [4.69, 9.17) is 16.3 Å². The minimum Gasteiger partial charge on any atom is -0.481 e. The SMILES string of the molecule is CC(OC(=O)Nc1c(C#N)cnn1-c1ccccc1-c1ccc(C(C)(C)C(=O)O)cc1)c1ccccc1Cl. The monoisotopic (exact) mass is 528 g/mol. The van der Waals surface area contributed by atoms with Crippen molar-refractivity contribution in [1.82, 2.24) is 9.78 Å². The Bertz CT molecular complexity index is 1540. The minimum atomic E-state index is -1.04. The molecule has 38 heavy (non-hydrogen) atoms. The molecular formula is C29H25ClN4O4. The molecule has 4 aromatic rings. The molecular weight excluding hydrogens is 504 g/mol. The maximum absolute atomic E-state index is 12.8. The van der Waals surface area contributed by atoms with Crippen molar-refractivity contribution in [3.05, 3.63) is 101 Å². The van der Waals surface area contributed by atoms with Crippen LogP contribution in [0.1, 0.15) is 43.6 Å². The summed E-state index contributed by atoms with van der Waals surface area (Å²) in [5, 5.41) is 26.7. The van der Waals surface area contributed by atoms with E-state index < -0.39 is 23.6 Å². The standard InChI is InChI=1S/C29H25ClN4O4/c1-18(22-8-4-6-10-24(22)30)38-28(37)33-26-20(16-31)17-32-34(26)25-11-7-5-9-23(25)19-12-14-21(15-13-19)29(2,3)27(35)36/h4-15,17-18H,1-3H3,(H,33,37)(H,35,36). The largest absolute Gasteiger partial charge is 0.481 e. The highest BCUT2D eigenvalue weighted by Gasteiger charge is 2.29. The molecule has 2 N–H and O–H groups in total. The van der Waals surface area contributed by atoms with E-state index in [1.54, 1.807) is 57.2 Å². The van der Waals surface area contributed by atoms with Gasteiger partial charge in [-0.1, -0.05) is 72.3 Å². The van der Waals surface area contributed by atoms with Gasteiger partial charge in [0, 0.05) is 16.1 Å². The van der Waals surface area contributed by atoms with Crippen molar-refractivity contribution >= 4 is 29.5 Å². The zero-order chi connectivity index (χ0) is 27.4. The summed E-state index contributed by atoms with van der Waals surface area (Å²) in [7, 11) is 0. The van der Waals surface area contributed by atoms with E-state index in [-0.39, 0.29) is 11.4 Å². The normalized spacial score (nSPS) is 11.9. The molecule has 0 saturated heterocycles. The first-order chi connectivity index (χ1) is 18.1. The van der Waals surface area contributed by atoms with Crippen molar-refractivity contribution in [2.24, 2.45) is 0 Å². The number of hydrogen-bond donors (Lipinski definition) is 2. The van der Waals surface area contributed by atoms with Crippen LogP contribution >= 0.6 is 11.6 Å². The molecule has 1 unspecified atom stereocenters. The number of ether oxygens (including phenoxy) is 1. The van der Waals surface area contributed by atoms with E-state index in [2.05, 4.69) is 10.4 Å². The fraction of sp³-hybridized carbons (Fsp3) is 0.172. The number of anilines is 1. The van der Waals surface area contributed by atoms with Crippen LogP contribution in [0.5, 0.6) is 0 Å². The molecule has 0 saturated carbocycles. The Morgan fingerprint density at radius 1 is 1.08 bits per heavy atom. The highest BCUT2D eigenvalue weighted by Crippen LogP contribution is 2.32. The van der Waals surface area contributed by atoms with Gasteiger partial charge >= 0.3 is 12.1 Å². The second-order valence-corrected chi connectivity index (χ2v) is 9.56. The maximum atomic E-state index is 12.8. The zero-order valence-electron chi connectivity index (χ0n) is 21.0. The van der Waals surface area contributed by atoms with Gasteiger partial charge in [-0.15, -0.1) is 0 Å². The van der Waals surface area contributed by atoms with Crippen molar-refractivity contribution in [3.8, 4) is 22.9 Å². The van der Waals surface area contributed by atoms with E-state index in [1.807, 2.05) is 42.5 Å². The molecule has 1 amide bonds. The summed E-state index contributed by atoms with van der Waals surface area (Å²) < 4.78 is 6.99. The second kappa shape index (κ2) is 10.8. The van der Waals surface area contributed by atoms with Crippen molar-refractivity contribution in [2.75, 3.05) is 5.32 Å². The lowest BCUT2D eigenvalue weighted by molar-refractivity contribution is -0.142. The van der Waals surface area contributed by atoms with Crippen LogP contribution in [0.2, 0.25) is 5.02 Å². The molecule has 8 nitrogen and oxygen atoms in total. The number of hydrogen-bond acceptors (Lipinski definition) is 5. The number of carboxylic acid groups (broad SMARTS) is 1. The van der Waals surface area contributed by atoms with E-state index in [1.165, 1.54) is 10.9 Å². The van der Waals surface area contributed by atoms with Gasteiger partial charge in [0.15, 0.2) is 5.82 Å². The Morgan fingerprint density at radius 3 is 2.39 bits per heavy atom. The highest BCUT2D eigenvalue weighted by atomic mass is 35.5. The Balaban J connectivity index is 1.66. The number of aromatic nitrogens is 2. The highest BCUT2D eigenvalue weighted by molar-refractivity contribution is 6.31. The van der Waals surface area contributed by atoms with E-state index >= 15 is 0 Å². The van der Waals surface area contributed by atoms with Gasteiger partial charge in [0.05, 0.1) is 17.3 Å². The van der Waals surface area contributed by atoms with Gasteiger partial charge in [0.25, 0.3) is 0 Å². The summed E-state index contributed by atoms with van der Waals surface area (Å²) >= 11 is 6.23. The Kier molecular flexibility index (Phi) is 7.51. The molecule has 3 aromatic carbocycles. The lowest BCUT2D eigenvalue weighted by Crippen LogP contribution is -2.28. The number of rotatable bonds is 7. The number of benzene rings is 3. The van der Waals surface area contributed by atoms with Gasteiger partial charge < -0.3 is 9.84 Å². The van der Waals surface area contributed by atoms with Crippen molar-refractivity contribution < 1.29 is 19.4 Å². The molecule has 1 heterocycles. The lowest BCUT2D eigenvalue weighted by Gasteiger charge is -2.20.